The minimum Gasteiger partial charge on any atom is -0.395 e. The Balaban J connectivity index is 1.97. The quantitative estimate of drug-likeness (QED) is 0.695. The zero-order chi connectivity index (χ0) is 15.1. The minimum absolute atomic E-state index is 0.272. The Morgan fingerprint density at radius 2 is 2.05 bits per heavy atom. The van der Waals surface area contributed by atoms with Crippen LogP contribution < -0.4 is 5.32 Å². The predicted molar refractivity (Wildman–Crippen MR) is 88.5 cm³/mol. The monoisotopic (exact) mass is 290 g/mol. The summed E-state index contributed by atoms with van der Waals surface area (Å²) in [6, 6.07) is 9.83. The van der Waals surface area contributed by atoms with Crippen LogP contribution in [-0.2, 0) is 0 Å². The molecule has 118 valence electrons. The van der Waals surface area contributed by atoms with Gasteiger partial charge >= 0.3 is 0 Å². The van der Waals surface area contributed by atoms with E-state index in [1.165, 1.54) is 24.0 Å². The average Bonchev–Trinajstić information content (AvgIpc) is 3.32. The van der Waals surface area contributed by atoms with E-state index < -0.39 is 0 Å². The fourth-order valence-electron chi connectivity index (χ4n) is 3.00. The van der Waals surface area contributed by atoms with Crippen molar-refractivity contribution in [3.8, 4) is 0 Å². The molecule has 0 aliphatic heterocycles. The topological polar surface area (TPSA) is 35.5 Å². The van der Waals surface area contributed by atoms with Crippen molar-refractivity contribution >= 4 is 0 Å². The molecule has 2 rings (SSSR count). The molecular weight excluding hydrogens is 260 g/mol. The molecule has 0 bridgehead atoms. The number of aryl methyl sites for hydroxylation is 1. The van der Waals surface area contributed by atoms with E-state index in [2.05, 4.69) is 48.3 Å². The van der Waals surface area contributed by atoms with Gasteiger partial charge in [-0.25, -0.2) is 0 Å². The summed E-state index contributed by atoms with van der Waals surface area (Å²) in [5.41, 5.74) is 2.79. The van der Waals surface area contributed by atoms with E-state index in [0.29, 0.717) is 6.04 Å². The van der Waals surface area contributed by atoms with Crippen LogP contribution >= 0.6 is 0 Å². The lowest BCUT2D eigenvalue weighted by molar-refractivity contribution is 0.182. The molecule has 1 saturated carbocycles. The van der Waals surface area contributed by atoms with Crippen molar-refractivity contribution in [1.29, 1.82) is 0 Å². The Morgan fingerprint density at radius 3 is 2.67 bits per heavy atom. The van der Waals surface area contributed by atoms with Gasteiger partial charge in [0.1, 0.15) is 0 Å². The number of nitrogens with zero attached hydrogens (tertiary/aromatic N) is 1. The van der Waals surface area contributed by atoms with Crippen LogP contribution in [0.3, 0.4) is 0 Å². The SMILES string of the molecule is CCCNC(CCN(CCO)C1CC1)c1ccccc1C. The fourth-order valence-corrected chi connectivity index (χ4v) is 3.00. The van der Waals surface area contributed by atoms with Crippen molar-refractivity contribution in [3.05, 3.63) is 35.4 Å². The highest BCUT2D eigenvalue weighted by molar-refractivity contribution is 5.28. The number of benzene rings is 1. The van der Waals surface area contributed by atoms with E-state index in [1.54, 1.807) is 0 Å². The summed E-state index contributed by atoms with van der Waals surface area (Å²) in [6.07, 6.45) is 4.88. The van der Waals surface area contributed by atoms with Crippen molar-refractivity contribution in [2.24, 2.45) is 0 Å². The molecule has 0 aromatic heterocycles. The van der Waals surface area contributed by atoms with Crippen LogP contribution in [0.4, 0.5) is 0 Å². The smallest absolute Gasteiger partial charge is 0.0558 e. The standard InChI is InChI=1S/C18H30N2O/c1-3-11-19-18(17-7-5-4-6-15(17)2)10-12-20(13-14-21)16-8-9-16/h4-7,16,18-19,21H,3,8-14H2,1-2H3. The van der Waals surface area contributed by atoms with Crippen LogP contribution in [0.1, 0.15) is 49.8 Å². The van der Waals surface area contributed by atoms with Gasteiger partial charge in [0, 0.05) is 25.2 Å². The van der Waals surface area contributed by atoms with Crippen molar-refractivity contribution in [3.63, 3.8) is 0 Å². The molecule has 0 heterocycles. The Labute approximate surface area is 129 Å². The molecule has 0 saturated heterocycles. The number of rotatable bonds is 10. The molecule has 3 nitrogen and oxygen atoms in total. The summed E-state index contributed by atoms with van der Waals surface area (Å²) in [5.74, 6) is 0. The second-order valence-electron chi connectivity index (χ2n) is 6.14. The largest absolute Gasteiger partial charge is 0.395 e. The molecule has 1 unspecified atom stereocenters. The van der Waals surface area contributed by atoms with Crippen LogP contribution in [0, 0.1) is 6.92 Å². The zero-order valence-corrected chi connectivity index (χ0v) is 13.5. The summed E-state index contributed by atoms with van der Waals surface area (Å²) in [5, 5.41) is 12.9. The maximum atomic E-state index is 9.22. The Hall–Kier alpha value is -0.900. The Morgan fingerprint density at radius 1 is 1.29 bits per heavy atom. The van der Waals surface area contributed by atoms with Crippen LogP contribution in [0.5, 0.6) is 0 Å². The second-order valence-corrected chi connectivity index (χ2v) is 6.14. The first kappa shape index (κ1) is 16.5. The van der Waals surface area contributed by atoms with Gasteiger partial charge in [-0.1, -0.05) is 31.2 Å². The van der Waals surface area contributed by atoms with E-state index in [4.69, 9.17) is 0 Å². The molecule has 1 atom stereocenters. The molecule has 0 spiro atoms. The van der Waals surface area contributed by atoms with Gasteiger partial charge < -0.3 is 10.4 Å². The van der Waals surface area contributed by atoms with Crippen molar-refractivity contribution in [2.75, 3.05) is 26.2 Å². The summed E-state index contributed by atoms with van der Waals surface area (Å²) >= 11 is 0. The molecule has 21 heavy (non-hydrogen) atoms. The third kappa shape index (κ3) is 5.10. The van der Waals surface area contributed by atoms with Gasteiger partial charge in [0.15, 0.2) is 0 Å². The van der Waals surface area contributed by atoms with Gasteiger partial charge in [-0.3, -0.25) is 4.90 Å². The number of hydrogen-bond acceptors (Lipinski definition) is 3. The molecule has 1 aromatic rings. The van der Waals surface area contributed by atoms with Gasteiger partial charge in [0.2, 0.25) is 0 Å². The number of aliphatic hydroxyl groups is 1. The van der Waals surface area contributed by atoms with Gasteiger partial charge in [-0.2, -0.15) is 0 Å². The van der Waals surface area contributed by atoms with Gasteiger partial charge in [0.05, 0.1) is 6.61 Å². The highest BCUT2D eigenvalue weighted by Gasteiger charge is 2.28. The molecule has 1 fully saturated rings. The van der Waals surface area contributed by atoms with Gasteiger partial charge in [-0.05, 0) is 50.3 Å². The van der Waals surface area contributed by atoms with E-state index in [0.717, 1.165) is 38.5 Å². The molecule has 1 aliphatic rings. The highest BCUT2D eigenvalue weighted by Crippen LogP contribution is 2.28. The number of aliphatic hydroxyl groups excluding tert-OH is 1. The van der Waals surface area contributed by atoms with Crippen molar-refractivity contribution < 1.29 is 5.11 Å². The predicted octanol–water partition coefficient (Wildman–Crippen LogP) is 2.88. The summed E-state index contributed by atoms with van der Waals surface area (Å²) in [4.78, 5) is 2.46. The van der Waals surface area contributed by atoms with Gasteiger partial charge in [-0.15, -0.1) is 0 Å². The maximum Gasteiger partial charge on any atom is 0.0558 e. The van der Waals surface area contributed by atoms with Crippen LogP contribution in [0.25, 0.3) is 0 Å². The molecule has 1 aromatic carbocycles. The third-order valence-corrected chi connectivity index (χ3v) is 4.36. The first-order chi connectivity index (χ1) is 10.3. The molecule has 0 amide bonds. The Kier molecular flexibility index (Phi) is 6.68. The fraction of sp³-hybridized carbons (Fsp3) is 0.667. The summed E-state index contributed by atoms with van der Waals surface area (Å²) in [6.45, 7) is 7.63. The summed E-state index contributed by atoms with van der Waals surface area (Å²) in [7, 11) is 0. The van der Waals surface area contributed by atoms with Crippen molar-refractivity contribution in [2.45, 2.75) is 51.6 Å². The number of nitrogens with one attached hydrogen (secondary N) is 1. The molecule has 2 N–H and O–H groups in total. The van der Waals surface area contributed by atoms with Crippen LogP contribution in [0.15, 0.2) is 24.3 Å². The lowest BCUT2D eigenvalue weighted by Gasteiger charge is -2.26. The zero-order valence-electron chi connectivity index (χ0n) is 13.5. The summed E-state index contributed by atoms with van der Waals surface area (Å²) < 4.78 is 0. The normalized spacial score (nSPS) is 16.4. The van der Waals surface area contributed by atoms with E-state index in [-0.39, 0.29) is 6.61 Å². The second kappa shape index (κ2) is 8.52. The molecule has 3 heteroatoms. The highest BCUT2D eigenvalue weighted by atomic mass is 16.3. The average molecular weight is 290 g/mol. The lowest BCUT2D eigenvalue weighted by Crippen LogP contribution is -2.33. The van der Waals surface area contributed by atoms with Crippen molar-refractivity contribution in [1.82, 2.24) is 10.2 Å². The van der Waals surface area contributed by atoms with E-state index in [9.17, 15) is 5.11 Å². The van der Waals surface area contributed by atoms with E-state index in [1.807, 2.05) is 0 Å². The first-order valence-corrected chi connectivity index (χ1v) is 8.40. The first-order valence-electron chi connectivity index (χ1n) is 8.40. The van der Waals surface area contributed by atoms with Crippen LogP contribution in [0.2, 0.25) is 0 Å². The molecule has 0 radical (unpaired) electrons. The molecule has 1 aliphatic carbocycles. The number of hydrogen-bond donors (Lipinski definition) is 2. The lowest BCUT2D eigenvalue weighted by atomic mass is 9.98. The van der Waals surface area contributed by atoms with Crippen LogP contribution in [-0.4, -0.2) is 42.3 Å². The van der Waals surface area contributed by atoms with E-state index >= 15 is 0 Å². The third-order valence-electron chi connectivity index (χ3n) is 4.36. The molecular formula is C18H30N2O. The minimum atomic E-state index is 0.272. The maximum absolute atomic E-state index is 9.22. The van der Waals surface area contributed by atoms with Gasteiger partial charge in [0.25, 0.3) is 0 Å². The Bertz CT molecular complexity index is 417.